The number of carbonyl (C=O) groups is 2. The molecule has 1 aliphatic carbocycles. The number of carbonyl (C=O) groups excluding carboxylic acids is 1. The highest BCUT2D eigenvalue weighted by Crippen LogP contribution is 2.36. The maximum atomic E-state index is 12.4. The Bertz CT molecular complexity index is 341. The largest absolute Gasteiger partial charge is 0.479 e. The van der Waals surface area contributed by atoms with Crippen LogP contribution in [0.1, 0.15) is 45.4 Å². The van der Waals surface area contributed by atoms with E-state index in [2.05, 4.69) is 5.32 Å². The van der Waals surface area contributed by atoms with Gasteiger partial charge in [0.1, 0.15) is 0 Å². The van der Waals surface area contributed by atoms with Gasteiger partial charge in [0.25, 0.3) is 0 Å². The molecule has 1 unspecified atom stereocenters. The van der Waals surface area contributed by atoms with Crippen molar-refractivity contribution >= 4 is 11.9 Å². The van der Waals surface area contributed by atoms with Gasteiger partial charge in [-0.15, -0.1) is 0 Å². The summed E-state index contributed by atoms with van der Waals surface area (Å²) in [5.74, 6) is -1.12. The Hall–Kier alpha value is -1.10. The third-order valence-corrected chi connectivity index (χ3v) is 4.29. The molecule has 5 heteroatoms. The molecule has 0 aromatic heterocycles. The molecular formula is C13H21NO4. The van der Waals surface area contributed by atoms with Gasteiger partial charge >= 0.3 is 5.97 Å². The molecule has 1 saturated heterocycles. The van der Waals surface area contributed by atoms with E-state index in [0.717, 1.165) is 32.1 Å². The van der Waals surface area contributed by atoms with Gasteiger partial charge in [0.15, 0.2) is 5.54 Å². The van der Waals surface area contributed by atoms with Crippen LogP contribution in [0.3, 0.4) is 0 Å². The molecule has 1 heterocycles. The van der Waals surface area contributed by atoms with Crippen molar-refractivity contribution < 1.29 is 19.4 Å². The van der Waals surface area contributed by atoms with E-state index in [1.807, 2.05) is 6.92 Å². The summed E-state index contributed by atoms with van der Waals surface area (Å²) >= 11 is 0. The first-order chi connectivity index (χ1) is 8.49. The van der Waals surface area contributed by atoms with Crippen LogP contribution in [0.2, 0.25) is 0 Å². The summed E-state index contributed by atoms with van der Waals surface area (Å²) < 4.78 is 5.15. The number of nitrogens with one attached hydrogen (secondary N) is 1. The lowest BCUT2D eigenvalue weighted by Crippen LogP contribution is -2.58. The molecule has 1 aliphatic heterocycles. The van der Waals surface area contributed by atoms with E-state index in [9.17, 15) is 14.7 Å². The molecule has 1 atom stereocenters. The van der Waals surface area contributed by atoms with Crippen LogP contribution in [0, 0.1) is 5.41 Å². The molecule has 0 spiro atoms. The van der Waals surface area contributed by atoms with Gasteiger partial charge < -0.3 is 15.2 Å². The van der Waals surface area contributed by atoms with Crippen LogP contribution in [0.5, 0.6) is 0 Å². The summed E-state index contributed by atoms with van der Waals surface area (Å²) in [7, 11) is 0. The second-order valence-corrected chi connectivity index (χ2v) is 5.77. The lowest BCUT2D eigenvalue weighted by Gasteiger charge is -2.35. The first kappa shape index (κ1) is 13.3. The lowest BCUT2D eigenvalue weighted by molar-refractivity contribution is -0.150. The summed E-state index contributed by atoms with van der Waals surface area (Å²) in [5, 5.41) is 12.0. The van der Waals surface area contributed by atoms with Crippen LogP contribution in [0.4, 0.5) is 0 Å². The molecule has 2 rings (SSSR count). The van der Waals surface area contributed by atoms with Gasteiger partial charge in [-0.05, 0) is 12.8 Å². The first-order valence-electron chi connectivity index (χ1n) is 6.62. The number of carboxylic acids is 1. The Balaban J connectivity index is 2.07. The van der Waals surface area contributed by atoms with Crippen molar-refractivity contribution in [1.29, 1.82) is 0 Å². The maximum absolute atomic E-state index is 12.4. The van der Waals surface area contributed by atoms with Gasteiger partial charge in [-0.1, -0.05) is 26.2 Å². The number of aliphatic carboxylic acids is 1. The van der Waals surface area contributed by atoms with Crippen molar-refractivity contribution in [3.63, 3.8) is 0 Å². The number of rotatable bonds is 3. The minimum absolute atomic E-state index is 0.0736. The second kappa shape index (κ2) is 4.88. The molecule has 5 nitrogen and oxygen atoms in total. The summed E-state index contributed by atoms with van der Waals surface area (Å²) in [6.45, 7) is 2.40. The molecule has 0 bridgehead atoms. The third-order valence-electron chi connectivity index (χ3n) is 4.29. The number of carboxylic acid groups (broad SMARTS) is 1. The number of hydrogen-bond acceptors (Lipinski definition) is 3. The second-order valence-electron chi connectivity index (χ2n) is 5.77. The zero-order valence-electron chi connectivity index (χ0n) is 10.8. The number of hydrogen-bond donors (Lipinski definition) is 2. The van der Waals surface area contributed by atoms with E-state index in [0.29, 0.717) is 13.0 Å². The summed E-state index contributed by atoms with van der Waals surface area (Å²) in [6, 6.07) is 0. The smallest absolute Gasteiger partial charge is 0.331 e. The predicted octanol–water partition coefficient (Wildman–Crippen LogP) is 1.32. The Labute approximate surface area is 107 Å². The number of amides is 1. The summed E-state index contributed by atoms with van der Waals surface area (Å²) in [5.41, 5.74) is -1.62. The van der Waals surface area contributed by atoms with E-state index >= 15 is 0 Å². The minimum atomic E-state index is -1.21. The van der Waals surface area contributed by atoms with Gasteiger partial charge in [0, 0.05) is 18.4 Å². The molecule has 2 N–H and O–H groups in total. The van der Waals surface area contributed by atoms with Crippen molar-refractivity contribution in [2.24, 2.45) is 5.41 Å². The quantitative estimate of drug-likeness (QED) is 0.797. The molecular weight excluding hydrogens is 234 g/mol. The fourth-order valence-corrected chi connectivity index (χ4v) is 2.81. The van der Waals surface area contributed by atoms with Crippen molar-refractivity contribution in [3.8, 4) is 0 Å². The molecule has 0 aromatic carbocycles. The van der Waals surface area contributed by atoms with E-state index in [-0.39, 0.29) is 12.5 Å². The highest BCUT2D eigenvalue weighted by atomic mass is 16.5. The highest BCUT2D eigenvalue weighted by Gasteiger charge is 2.47. The lowest BCUT2D eigenvalue weighted by atomic mass is 9.74. The van der Waals surface area contributed by atoms with Crippen LogP contribution >= 0.6 is 0 Å². The van der Waals surface area contributed by atoms with E-state index in [4.69, 9.17) is 4.74 Å². The maximum Gasteiger partial charge on any atom is 0.331 e. The van der Waals surface area contributed by atoms with Crippen molar-refractivity contribution in [3.05, 3.63) is 0 Å². The molecule has 1 amide bonds. The van der Waals surface area contributed by atoms with Crippen LogP contribution in [-0.2, 0) is 14.3 Å². The molecule has 1 saturated carbocycles. The molecule has 2 fully saturated rings. The van der Waals surface area contributed by atoms with Crippen LogP contribution in [0.25, 0.3) is 0 Å². The molecule has 0 radical (unpaired) electrons. The third kappa shape index (κ3) is 2.36. The Morgan fingerprint density at radius 1 is 1.17 bits per heavy atom. The van der Waals surface area contributed by atoms with E-state index in [1.54, 1.807) is 0 Å². The van der Waals surface area contributed by atoms with Crippen LogP contribution in [-0.4, -0.2) is 35.7 Å². The Kier molecular flexibility index (Phi) is 3.61. The highest BCUT2D eigenvalue weighted by molar-refractivity contribution is 5.90. The van der Waals surface area contributed by atoms with Crippen molar-refractivity contribution in [2.45, 2.75) is 51.0 Å². The van der Waals surface area contributed by atoms with Crippen molar-refractivity contribution in [2.75, 3.05) is 13.2 Å². The zero-order valence-corrected chi connectivity index (χ0v) is 10.8. The Morgan fingerprint density at radius 3 is 2.33 bits per heavy atom. The summed E-state index contributed by atoms with van der Waals surface area (Å²) in [6.07, 6.45) is 5.28. The fraction of sp³-hybridized carbons (Fsp3) is 0.846. The average Bonchev–Trinajstić information content (AvgIpc) is 2.80. The normalized spacial score (nSPS) is 30.9. The molecule has 102 valence electrons. The number of ether oxygens (including phenoxy) is 1. The fourth-order valence-electron chi connectivity index (χ4n) is 2.81. The van der Waals surface area contributed by atoms with Gasteiger partial charge in [-0.3, -0.25) is 4.79 Å². The monoisotopic (exact) mass is 255 g/mol. The SMILES string of the molecule is CC1(C(=O)NC2(C(=O)O)CCOC2)CCCCC1. The average molecular weight is 255 g/mol. The van der Waals surface area contributed by atoms with E-state index in [1.165, 1.54) is 0 Å². The molecule has 0 aromatic rings. The zero-order chi connectivity index (χ0) is 13.2. The van der Waals surface area contributed by atoms with Gasteiger partial charge in [-0.25, -0.2) is 4.79 Å². The molecule has 2 aliphatic rings. The standard InChI is InChI=1S/C13H21NO4/c1-12(5-3-2-4-6-12)10(15)14-13(11(16)17)7-8-18-9-13/h2-9H2,1H3,(H,14,15)(H,16,17). The first-order valence-corrected chi connectivity index (χ1v) is 6.62. The van der Waals surface area contributed by atoms with E-state index < -0.39 is 16.9 Å². The van der Waals surface area contributed by atoms with Gasteiger partial charge in [0.2, 0.25) is 5.91 Å². The predicted molar refractivity (Wildman–Crippen MR) is 65.1 cm³/mol. The minimum Gasteiger partial charge on any atom is -0.479 e. The van der Waals surface area contributed by atoms with Crippen LogP contribution in [0.15, 0.2) is 0 Å². The van der Waals surface area contributed by atoms with Crippen LogP contribution < -0.4 is 5.32 Å². The summed E-state index contributed by atoms with van der Waals surface area (Å²) in [4.78, 5) is 23.7. The van der Waals surface area contributed by atoms with Gasteiger partial charge in [0.05, 0.1) is 6.61 Å². The van der Waals surface area contributed by atoms with Gasteiger partial charge in [-0.2, -0.15) is 0 Å². The topological polar surface area (TPSA) is 75.6 Å². The Morgan fingerprint density at radius 2 is 1.83 bits per heavy atom. The van der Waals surface area contributed by atoms with Crippen molar-refractivity contribution in [1.82, 2.24) is 5.32 Å². The molecule has 18 heavy (non-hydrogen) atoms.